The largest absolute Gasteiger partial charge is 0.417 e. The molecule has 21 heavy (non-hydrogen) atoms. The van der Waals surface area contributed by atoms with Gasteiger partial charge in [0.05, 0.1) is 16.6 Å². The molecule has 100 valence electrons. The third-order valence-corrected chi connectivity index (χ3v) is 3.52. The summed E-state index contributed by atoms with van der Waals surface area (Å²) in [6.45, 7) is 0. The van der Waals surface area contributed by atoms with E-state index in [1.165, 1.54) is 0 Å². The summed E-state index contributed by atoms with van der Waals surface area (Å²) < 4.78 is 7.00. The fourth-order valence-electron chi connectivity index (χ4n) is 2.57. The number of nitrogens with zero attached hydrogens (tertiary/aromatic N) is 2. The summed E-state index contributed by atoms with van der Waals surface area (Å²) >= 11 is 0. The van der Waals surface area contributed by atoms with Crippen molar-refractivity contribution >= 4 is 22.0 Å². The highest BCUT2D eigenvalue weighted by molar-refractivity contribution is 5.88. The second-order valence-corrected chi connectivity index (χ2v) is 4.74. The molecule has 0 bridgehead atoms. The number of hydrogen-bond acceptors (Lipinski definition) is 3. The van der Waals surface area contributed by atoms with Crippen molar-refractivity contribution in [3.63, 3.8) is 0 Å². The highest BCUT2D eigenvalue weighted by atomic mass is 16.4. The van der Waals surface area contributed by atoms with E-state index in [0.29, 0.717) is 16.7 Å². The highest BCUT2D eigenvalue weighted by Crippen LogP contribution is 2.25. The van der Waals surface area contributed by atoms with E-state index in [-0.39, 0.29) is 0 Å². The first-order valence-electron chi connectivity index (χ1n) is 6.40. The smallest absolute Gasteiger partial charge is 0.408 e. The van der Waals surface area contributed by atoms with Gasteiger partial charge in [0.25, 0.3) is 0 Å². The zero-order valence-corrected chi connectivity index (χ0v) is 10.8. The molecule has 0 amide bonds. The van der Waals surface area contributed by atoms with Crippen LogP contribution in [-0.4, -0.2) is 9.55 Å². The molecule has 2 heterocycles. The van der Waals surface area contributed by atoms with E-state index in [1.54, 1.807) is 18.3 Å². The number of oxazole rings is 1. The van der Waals surface area contributed by atoms with Gasteiger partial charge in [-0.2, -0.15) is 5.26 Å². The highest BCUT2D eigenvalue weighted by Gasteiger charge is 2.10. The lowest BCUT2D eigenvalue weighted by Crippen LogP contribution is -1.92. The standard InChI is InChI=1S/C16H9N3O2/c17-8-10-9-19(14-4-2-1-3-12(10)14)11-5-6-13-15(7-11)21-16(20)18-13/h1-7,9H,(H,18,20). The Labute approximate surface area is 118 Å². The second kappa shape index (κ2) is 4.12. The first-order valence-corrected chi connectivity index (χ1v) is 6.40. The molecule has 2 aromatic carbocycles. The Bertz CT molecular complexity index is 1080. The van der Waals surface area contributed by atoms with Crippen molar-refractivity contribution in [3.8, 4) is 11.8 Å². The van der Waals surface area contributed by atoms with Crippen molar-refractivity contribution in [3.05, 3.63) is 64.8 Å². The summed E-state index contributed by atoms with van der Waals surface area (Å²) in [4.78, 5) is 13.8. The Morgan fingerprint density at radius 1 is 1.19 bits per heavy atom. The fourth-order valence-corrected chi connectivity index (χ4v) is 2.57. The molecule has 0 aliphatic carbocycles. The van der Waals surface area contributed by atoms with E-state index < -0.39 is 5.76 Å². The van der Waals surface area contributed by atoms with Crippen LogP contribution in [0.4, 0.5) is 0 Å². The Morgan fingerprint density at radius 2 is 2.05 bits per heavy atom. The Kier molecular flexibility index (Phi) is 2.27. The molecule has 0 atom stereocenters. The molecule has 0 aliphatic rings. The van der Waals surface area contributed by atoms with Crippen LogP contribution in [0.1, 0.15) is 5.56 Å². The van der Waals surface area contributed by atoms with Gasteiger partial charge in [0.1, 0.15) is 6.07 Å². The maximum Gasteiger partial charge on any atom is 0.417 e. The molecule has 4 aromatic rings. The van der Waals surface area contributed by atoms with E-state index in [2.05, 4.69) is 11.1 Å². The molecule has 0 saturated heterocycles. The van der Waals surface area contributed by atoms with Crippen molar-refractivity contribution < 1.29 is 4.42 Å². The molecule has 2 aromatic heterocycles. The summed E-state index contributed by atoms with van der Waals surface area (Å²) in [6, 6.07) is 15.3. The van der Waals surface area contributed by atoms with Crippen LogP contribution in [0.2, 0.25) is 0 Å². The number of fused-ring (bicyclic) bond motifs is 2. The van der Waals surface area contributed by atoms with Crippen LogP contribution >= 0.6 is 0 Å². The van der Waals surface area contributed by atoms with Gasteiger partial charge in [-0.1, -0.05) is 18.2 Å². The van der Waals surface area contributed by atoms with Crippen molar-refractivity contribution in [1.82, 2.24) is 9.55 Å². The van der Waals surface area contributed by atoms with Crippen LogP contribution in [0.15, 0.2) is 57.9 Å². The lowest BCUT2D eigenvalue weighted by Gasteiger charge is -2.04. The number of aromatic amines is 1. The topological polar surface area (TPSA) is 74.7 Å². The van der Waals surface area contributed by atoms with Gasteiger partial charge in [-0.25, -0.2) is 4.79 Å². The molecule has 0 saturated carbocycles. The minimum absolute atomic E-state index is 0.475. The van der Waals surface area contributed by atoms with Gasteiger partial charge in [0, 0.05) is 23.3 Å². The van der Waals surface area contributed by atoms with Crippen molar-refractivity contribution in [2.75, 3.05) is 0 Å². The number of nitrogens with one attached hydrogen (secondary N) is 1. The molecule has 0 fully saturated rings. The maximum absolute atomic E-state index is 11.2. The number of H-pyrrole nitrogens is 1. The molecule has 5 nitrogen and oxygen atoms in total. The monoisotopic (exact) mass is 275 g/mol. The molecule has 1 N–H and O–H groups in total. The quantitative estimate of drug-likeness (QED) is 0.580. The van der Waals surface area contributed by atoms with E-state index in [4.69, 9.17) is 4.42 Å². The van der Waals surface area contributed by atoms with Crippen LogP contribution in [0, 0.1) is 11.3 Å². The van der Waals surface area contributed by atoms with E-state index in [9.17, 15) is 10.1 Å². The molecule has 0 aliphatic heterocycles. The van der Waals surface area contributed by atoms with Crippen molar-refractivity contribution in [1.29, 1.82) is 5.26 Å². The lowest BCUT2D eigenvalue weighted by atomic mass is 10.2. The number of para-hydroxylation sites is 1. The van der Waals surface area contributed by atoms with E-state index in [1.807, 2.05) is 34.9 Å². The summed E-state index contributed by atoms with van der Waals surface area (Å²) in [6.07, 6.45) is 1.79. The molecule has 0 radical (unpaired) electrons. The predicted molar refractivity (Wildman–Crippen MR) is 78.4 cm³/mol. The minimum Gasteiger partial charge on any atom is -0.408 e. The molecule has 4 rings (SSSR count). The molecular formula is C16H9N3O2. The average molecular weight is 275 g/mol. The number of aromatic nitrogens is 2. The summed E-state index contributed by atoms with van der Waals surface area (Å²) in [5, 5.41) is 10.1. The zero-order valence-electron chi connectivity index (χ0n) is 10.8. The van der Waals surface area contributed by atoms with Gasteiger partial charge in [-0.15, -0.1) is 0 Å². The van der Waals surface area contributed by atoms with E-state index in [0.717, 1.165) is 16.6 Å². The number of nitriles is 1. The van der Waals surface area contributed by atoms with Crippen molar-refractivity contribution in [2.45, 2.75) is 0 Å². The third kappa shape index (κ3) is 1.66. The third-order valence-electron chi connectivity index (χ3n) is 3.52. The average Bonchev–Trinajstić information content (AvgIpc) is 3.05. The fraction of sp³-hybridized carbons (Fsp3) is 0. The summed E-state index contributed by atoms with van der Waals surface area (Å²) in [5.74, 6) is -0.475. The van der Waals surface area contributed by atoms with E-state index >= 15 is 0 Å². The summed E-state index contributed by atoms with van der Waals surface area (Å²) in [5.41, 5.74) is 3.53. The predicted octanol–water partition coefficient (Wildman–Crippen LogP) is 2.94. The first kappa shape index (κ1) is 11.6. The van der Waals surface area contributed by atoms with Crippen LogP contribution in [0.5, 0.6) is 0 Å². The molecule has 0 spiro atoms. The second-order valence-electron chi connectivity index (χ2n) is 4.74. The Balaban J connectivity index is 2.04. The summed E-state index contributed by atoms with van der Waals surface area (Å²) in [7, 11) is 0. The van der Waals surface area contributed by atoms with Crippen LogP contribution in [0.3, 0.4) is 0 Å². The number of hydrogen-bond donors (Lipinski definition) is 1. The number of rotatable bonds is 1. The maximum atomic E-state index is 11.2. The Morgan fingerprint density at radius 3 is 2.90 bits per heavy atom. The molecular weight excluding hydrogens is 266 g/mol. The lowest BCUT2D eigenvalue weighted by molar-refractivity contribution is 0.555. The van der Waals surface area contributed by atoms with Crippen LogP contribution in [-0.2, 0) is 0 Å². The zero-order chi connectivity index (χ0) is 14.4. The van der Waals surface area contributed by atoms with Gasteiger partial charge in [-0.3, -0.25) is 4.98 Å². The van der Waals surface area contributed by atoms with Crippen LogP contribution < -0.4 is 5.76 Å². The van der Waals surface area contributed by atoms with Gasteiger partial charge in [0.15, 0.2) is 5.58 Å². The van der Waals surface area contributed by atoms with Gasteiger partial charge >= 0.3 is 5.76 Å². The minimum atomic E-state index is -0.475. The first-order chi connectivity index (χ1) is 10.3. The SMILES string of the molecule is N#Cc1cn(-c2ccc3[nH]c(=O)oc3c2)c2ccccc12. The van der Waals surface area contributed by atoms with Gasteiger partial charge in [0.2, 0.25) is 0 Å². The number of benzene rings is 2. The Hall–Kier alpha value is -3.26. The van der Waals surface area contributed by atoms with Gasteiger partial charge in [-0.05, 0) is 18.2 Å². The molecule has 5 heteroatoms. The van der Waals surface area contributed by atoms with Crippen LogP contribution in [0.25, 0.3) is 27.7 Å². The van der Waals surface area contributed by atoms with Gasteiger partial charge < -0.3 is 8.98 Å². The normalized spacial score (nSPS) is 11.0. The van der Waals surface area contributed by atoms with Crippen molar-refractivity contribution in [2.24, 2.45) is 0 Å². The molecule has 0 unspecified atom stereocenters.